The lowest BCUT2D eigenvalue weighted by Crippen LogP contribution is -2.35. The Morgan fingerprint density at radius 2 is 2.03 bits per heavy atom. The van der Waals surface area contributed by atoms with Crippen molar-refractivity contribution in [2.45, 2.75) is 43.7 Å². The number of sulfonamides is 1. The fourth-order valence-electron chi connectivity index (χ4n) is 3.62. The first-order chi connectivity index (χ1) is 16.9. The number of amides is 1. The Hall–Kier alpha value is -3.79. The monoisotopic (exact) mass is 496 g/mol. The molecule has 0 radical (unpaired) electrons. The number of nitrogens with zero attached hydrogens (tertiary/aromatic N) is 2. The molecule has 8 nitrogen and oxygen atoms in total. The molecule has 0 spiro atoms. The Labute approximate surface area is 203 Å². The molecule has 10 heteroatoms. The maximum atomic E-state index is 14.5. The number of aromatic nitrogens is 1. The zero-order chi connectivity index (χ0) is 24.8. The number of benzene rings is 2. The third-order valence-electron chi connectivity index (χ3n) is 5.41. The van der Waals surface area contributed by atoms with Gasteiger partial charge in [0.05, 0.1) is 11.1 Å². The molecule has 1 aliphatic rings. The molecule has 1 unspecified atom stereocenters. The summed E-state index contributed by atoms with van der Waals surface area (Å²) in [5.41, 5.74) is 0.983. The average molecular weight is 497 g/mol. The predicted octanol–water partition coefficient (Wildman–Crippen LogP) is 3.93. The van der Waals surface area contributed by atoms with E-state index in [0.29, 0.717) is 23.3 Å². The van der Waals surface area contributed by atoms with Crippen molar-refractivity contribution in [3.05, 3.63) is 83.9 Å². The number of aliphatic imine (C=N–C) groups is 1. The first-order valence-electron chi connectivity index (χ1n) is 11.2. The first kappa shape index (κ1) is 24.3. The molecule has 182 valence electrons. The van der Waals surface area contributed by atoms with Crippen LogP contribution in [0.2, 0.25) is 0 Å². The van der Waals surface area contributed by atoms with Crippen LogP contribution in [0, 0.1) is 5.82 Å². The molecule has 0 bridgehead atoms. The van der Waals surface area contributed by atoms with Gasteiger partial charge in [-0.2, -0.15) is 0 Å². The minimum atomic E-state index is -3.70. The molecule has 0 saturated carbocycles. The topological polar surface area (TPSA) is 110 Å². The van der Waals surface area contributed by atoms with Crippen LogP contribution < -0.4 is 14.8 Å². The van der Waals surface area contributed by atoms with Crippen LogP contribution in [0.1, 0.15) is 37.3 Å². The molecule has 1 atom stereocenters. The molecule has 1 amide bonds. The van der Waals surface area contributed by atoms with E-state index in [2.05, 4.69) is 20.0 Å². The third kappa shape index (κ3) is 5.83. The van der Waals surface area contributed by atoms with Crippen molar-refractivity contribution in [2.75, 3.05) is 0 Å². The summed E-state index contributed by atoms with van der Waals surface area (Å²) >= 11 is 0. The fraction of sp³-hybridized carbons (Fsp3) is 0.240. The quantitative estimate of drug-likeness (QED) is 0.467. The first-order valence-corrected chi connectivity index (χ1v) is 12.7. The minimum absolute atomic E-state index is 0.0486. The molecule has 2 N–H and O–H groups in total. The summed E-state index contributed by atoms with van der Waals surface area (Å²) in [5, 5.41) is 2.78. The molecule has 0 aliphatic carbocycles. The van der Waals surface area contributed by atoms with E-state index in [1.165, 1.54) is 24.4 Å². The molecule has 1 aromatic heterocycles. The van der Waals surface area contributed by atoms with Crippen LogP contribution in [-0.2, 0) is 21.4 Å². The zero-order valence-electron chi connectivity index (χ0n) is 19.1. The van der Waals surface area contributed by atoms with E-state index >= 15 is 0 Å². The summed E-state index contributed by atoms with van der Waals surface area (Å²) in [6, 6.07) is 13.5. The van der Waals surface area contributed by atoms with E-state index in [4.69, 9.17) is 4.74 Å². The Kier molecular flexibility index (Phi) is 7.40. The van der Waals surface area contributed by atoms with Crippen LogP contribution in [0.25, 0.3) is 0 Å². The molecule has 0 saturated heterocycles. The highest BCUT2D eigenvalue weighted by Gasteiger charge is 2.31. The summed E-state index contributed by atoms with van der Waals surface area (Å²) < 4.78 is 47.2. The standard InChI is InChI=1S/C25H25FN4O4S/c1-2-3-9-21(29-24-19-8-4-5-10-23(19)35(32,33)30-24)25(31)28-15-17-11-12-22(20(26)14-17)34-18-7-6-13-27-16-18/h4-8,10-14,16,21H,2-3,9,15H2,1H3,(H,28,31)(H,29,30). The lowest BCUT2D eigenvalue weighted by Gasteiger charge is -2.14. The number of amidine groups is 1. The highest BCUT2D eigenvalue weighted by molar-refractivity contribution is 7.90. The van der Waals surface area contributed by atoms with Crippen LogP contribution in [-0.4, -0.2) is 31.2 Å². The van der Waals surface area contributed by atoms with Crippen molar-refractivity contribution in [2.24, 2.45) is 4.99 Å². The van der Waals surface area contributed by atoms with Gasteiger partial charge in [-0.1, -0.05) is 38.0 Å². The number of rotatable bonds is 9. The van der Waals surface area contributed by atoms with Crippen LogP contribution in [0.4, 0.5) is 4.39 Å². The minimum Gasteiger partial charge on any atom is -0.453 e. The molecule has 0 fully saturated rings. The number of hydrogen-bond donors (Lipinski definition) is 2. The second kappa shape index (κ2) is 10.6. The van der Waals surface area contributed by atoms with Crippen molar-refractivity contribution in [3.8, 4) is 11.5 Å². The van der Waals surface area contributed by atoms with Gasteiger partial charge in [-0.15, -0.1) is 0 Å². The number of halogens is 1. The van der Waals surface area contributed by atoms with Crippen LogP contribution in [0.5, 0.6) is 11.5 Å². The predicted molar refractivity (Wildman–Crippen MR) is 129 cm³/mol. The number of hydrogen-bond acceptors (Lipinski definition) is 6. The lowest BCUT2D eigenvalue weighted by molar-refractivity contribution is -0.122. The van der Waals surface area contributed by atoms with Gasteiger partial charge in [0.1, 0.15) is 17.6 Å². The SMILES string of the molecule is CCCCC(N=C1NS(=O)(=O)c2ccccc21)C(=O)NCc1ccc(Oc2cccnc2)c(F)c1. The molecular weight excluding hydrogens is 471 g/mol. The normalized spacial score (nSPS) is 15.8. The van der Waals surface area contributed by atoms with Gasteiger partial charge in [0, 0.05) is 18.3 Å². The van der Waals surface area contributed by atoms with Crippen molar-refractivity contribution in [1.29, 1.82) is 0 Å². The van der Waals surface area contributed by atoms with Crippen LogP contribution in [0.3, 0.4) is 0 Å². The van der Waals surface area contributed by atoms with E-state index in [1.54, 1.807) is 42.6 Å². The molecule has 1 aliphatic heterocycles. The number of nitrogens with one attached hydrogen (secondary N) is 2. The Bertz CT molecular complexity index is 1350. The number of carbonyl (C=O) groups is 1. The number of carbonyl (C=O) groups excluding carboxylic acids is 1. The van der Waals surface area contributed by atoms with Crippen molar-refractivity contribution < 1.29 is 22.3 Å². The van der Waals surface area contributed by atoms with E-state index in [9.17, 15) is 17.6 Å². The number of pyridine rings is 1. The van der Waals surface area contributed by atoms with Crippen molar-refractivity contribution in [3.63, 3.8) is 0 Å². The van der Waals surface area contributed by atoms with E-state index in [0.717, 1.165) is 12.8 Å². The van der Waals surface area contributed by atoms with Crippen LogP contribution in [0.15, 0.2) is 76.9 Å². The Balaban J connectivity index is 1.46. The second-order valence-electron chi connectivity index (χ2n) is 8.01. The maximum Gasteiger partial charge on any atom is 0.263 e. The smallest absolute Gasteiger partial charge is 0.263 e. The van der Waals surface area contributed by atoms with E-state index < -0.39 is 21.9 Å². The molecule has 35 heavy (non-hydrogen) atoms. The number of fused-ring (bicyclic) bond motifs is 1. The highest BCUT2D eigenvalue weighted by atomic mass is 32.2. The van der Waals surface area contributed by atoms with Crippen molar-refractivity contribution in [1.82, 2.24) is 15.0 Å². The van der Waals surface area contributed by atoms with Gasteiger partial charge in [0.25, 0.3) is 10.0 Å². The molecule has 2 aromatic carbocycles. The van der Waals surface area contributed by atoms with Gasteiger partial charge in [-0.25, -0.2) is 12.8 Å². The molecular formula is C25H25FN4O4S. The number of unbranched alkanes of at least 4 members (excludes halogenated alkanes) is 1. The van der Waals surface area contributed by atoms with E-state index in [1.807, 2.05) is 6.92 Å². The van der Waals surface area contributed by atoms with Crippen LogP contribution >= 0.6 is 0 Å². The zero-order valence-corrected chi connectivity index (χ0v) is 19.9. The highest BCUT2D eigenvalue weighted by Crippen LogP contribution is 2.25. The lowest BCUT2D eigenvalue weighted by atomic mass is 10.1. The summed E-state index contributed by atoms with van der Waals surface area (Å²) in [5.74, 6) is -0.326. The van der Waals surface area contributed by atoms with Gasteiger partial charge in [-0.05, 0) is 48.4 Å². The van der Waals surface area contributed by atoms with Gasteiger partial charge in [-0.3, -0.25) is 19.5 Å². The maximum absolute atomic E-state index is 14.5. The molecule has 3 aromatic rings. The Morgan fingerprint density at radius 3 is 2.77 bits per heavy atom. The van der Waals surface area contributed by atoms with Gasteiger partial charge < -0.3 is 10.1 Å². The largest absolute Gasteiger partial charge is 0.453 e. The number of ether oxygens (including phenoxy) is 1. The molecule has 2 heterocycles. The summed E-state index contributed by atoms with van der Waals surface area (Å²) in [6.45, 7) is 2.08. The van der Waals surface area contributed by atoms with E-state index in [-0.39, 0.29) is 28.9 Å². The Morgan fingerprint density at radius 1 is 1.20 bits per heavy atom. The fourth-order valence-corrected chi connectivity index (χ4v) is 4.85. The third-order valence-corrected chi connectivity index (χ3v) is 6.80. The van der Waals surface area contributed by atoms with Crippen molar-refractivity contribution >= 4 is 21.8 Å². The van der Waals surface area contributed by atoms with Gasteiger partial charge in [0.15, 0.2) is 11.6 Å². The van der Waals surface area contributed by atoms with Gasteiger partial charge in [0.2, 0.25) is 5.91 Å². The average Bonchev–Trinajstić information content (AvgIpc) is 3.12. The second-order valence-corrected chi connectivity index (χ2v) is 9.66. The summed E-state index contributed by atoms with van der Waals surface area (Å²) in [4.78, 5) is 21.5. The summed E-state index contributed by atoms with van der Waals surface area (Å²) in [7, 11) is -3.70. The summed E-state index contributed by atoms with van der Waals surface area (Å²) in [6.07, 6.45) is 5.10. The van der Waals surface area contributed by atoms with Gasteiger partial charge >= 0.3 is 0 Å². The molecule has 4 rings (SSSR count).